The van der Waals surface area contributed by atoms with Crippen LogP contribution in [0.2, 0.25) is 0 Å². The number of nitrogens with zero attached hydrogens (tertiary/aromatic N) is 3. The molecule has 1 aromatic heterocycles. The van der Waals surface area contributed by atoms with Gasteiger partial charge in [-0.15, -0.1) is 0 Å². The summed E-state index contributed by atoms with van der Waals surface area (Å²) in [5.74, 6) is -0.0555. The third-order valence-corrected chi connectivity index (χ3v) is 3.32. The van der Waals surface area contributed by atoms with Crippen LogP contribution in [0.25, 0.3) is 5.70 Å². The van der Waals surface area contributed by atoms with Gasteiger partial charge in [0, 0.05) is 36.1 Å². The van der Waals surface area contributed by atoms with Crippen LogP contribution in [-0.4, -0.2) is 33.0 Å². The van der Waals surface area contributed by atoms with E-state index in [2.05, 4.69) is 17.0 Å². The number of aromatic nitrogens is 2. The molecule has 2 amide bonds. The molecule has 1 aliphatic heterocycles. The van der Waals surface area contributed by atoms with Crippen molar-refractivity contribution in [3.63, 3.8) is 0 Å². The van der Waals surface area contributed by atoms with Crippen LogP contribution >= 0.6 is 0 Å². The van der Waals surface area contributed by atoms with Gasteiger partial charge in [-0.25, -0.2) is 0 Å². The van der Waals surface area contributed by atoms with Gasteiger partial charge in [-0.1, -0.05) is 24.8 Å². The second-order valence-electron chi connectivity index (χ2n) is 4.81. The number of benzene rings is 1. The van der Waals surface area contributed by atoms with E-state index in [0.717, 1.165) is 5.56 Å². The van der Waals surface area contributed by atoms with Gasteiger partial charge >= 0.3 is 0 Å². The van der Waals surface area contributed by atoms with Crippen LogP contribution in [0.5, 0.6) is 0 Å². The van der Waals surface area contributed by atoms with Gasteiger partial charge in [-0.3, -0.25) is 19.2 Å². The molecule has 106 valence electrons. The molecule has 0 saturated carbocycles. The number of carbonyl (C=O) groups is 2. The average molecular weight is 282 g/mol. The van der Waals surface area contributed by atoms with Crippen molar-refractivity contribution in [2.45, 2.75) is 0 Å². The number of fused-ring (bicyclic) bond motifs is 1. The Balaban J connectivity index is 1.73. The van der Waals surface area contributed by atoms with E-state index in [1.807, 2.05) is 12.1 Å². The Hall–Kier alpha value is -2.89. The van der Waals surface area contributed by atoms with Crippen LogP contribution in [0.15, 0.2) is 43.1 Å². The first-order valence-corrected chi connectivity index (χ1v) is 6.46. The van der Waals surface area contributed by atoms with Crippen molar-refractivity contribution >= 4 is 23.3 Å². The van der Waals surface area contributed by atoms with E-state index in [-0.39, 0.29) is 18.4 Å². The number of rotatable bonds is 3. The predicted molar refractivity (Wildman–Crippen MR) is 78.4 cm³/mol. The molecule has 6 heteroatoms. The molecule has 0 atom stereocenters. The standard InChI is InChI=1S/C15H14N4O2/c1-10-11-5-3-4-6-12(11)15(21)19(10)9-14(20)16-13-7-8-18(2)17-13/h3-8H,1,9H2,2H3,(H,16,17,20). The van der Waals surface area contributed by atoms with Crippen molar-refractivity contribution in [2.75, 3.05) is 11.9 Å². The smallest absolute Gasteiger partial charge is 0.259 e. The molecule has 0 aliphatic carbocycles. The summed E-state index contributed by atoms with van der Waals surface area (Å²) >= 11 is 0. The molecule has 0 fully saturated rings. The molecule has 1 aliphatic rings. The molecule has 3 rings (SSSR count). The summed E-state index contributed by atoms with van der Waals surface area (Å²) < 4.78 is 1.59. The average Bonchev–Trinajstić information content (AvgIpc) is 2.97. The molecular weight excluding hydrogens is 268 g/mol. The number of hydrogen-bond donors (Lipinski definition) is 1. The quantitative estimate of drug-likeness (QED) is 0.927. The van der Waals surface area contributed by atoms with Crippen LogP contribution in [0.1, 0.15) is 15.9 Å². The molecule has 21 heavy (non-hydrogen) atoms. The Morgan fingerprint density at radius 1 is 1.29 bits per heavy atom. The van der Waals surface area contributed by atoms with Crippen molar-refractivity contribution in [2.24, 2.45) is 7.05 Å². The highest BCUT2D eigenvalue weighted by atomic mass is 16.2. The van der Waals surface area contributed by atoms with Crippen LogP contribution in [0.3, 0.4) is 0 Å². The van der Waals surface area contributed by atoms with Gasteiger partial charge in [0.1, 0.15) is 6.54 Å². The Kier molecular flexibility index (Phi) is 3.06. The fraction of sp³-hybridized carbons (Fsp3) is 0.133. The number of nitrogens with one attached hydrogen (secondary N) is 1. The first-order chi connectivity index (χ1) is 10.1. The zero-order chi connectivity index (χ0) is 15.0. The summed E-state index contributed by atoms with van der Waals surface area (Å²) in [5.41, 5.74) is 1.90. The van der Waals surface area contributed by atoms with Crippen molar-refractivity contribution in [3.8, 4) is 0 Å². The van der Waals surface area contributed by atoms with E-state index < -0.39 is 0 Å². The lowest BCUT2D eigenvalue weighted by molar-refractivity contribution is -0.116. The van der Waals surface area contributed by atoms with Gasteiger partial charge in [-0.2, -0.15) is 5.10 Å². The van der Waals surface area contributed by atoms with Gasteiger partial charge in [0.05, 0.1) is 0 Å². The minimum Gasteiger partial charge on any atom is -0.308 e. The van der Waals surface area contributed by atoms with E-state index in [4.69, 9.17) is 0 Å². The third-order valence-electron chi connectivity index (χ3n) is 3.32. The molecule has 0 radical (unpaired) electrons. The monoisotopic (exact) mass is 282 g/mol. The topological polar surface area (TPSA) is 67.2 Å². The van der Waals surface area contributed by atoms with Crippen molar-refractivity contribution in [3.05, 3.63) is 54.2 Å². The number of hydrogen-bond acceptors (Lipinski definition) is 3. The van der Waals surface area contributed by atoms with Gasteiger partial charge < -0.3 is 5.32 Å². The van der Waals surface area contributed by atoms with Gasteiger partial charge in [0.25, 0.3) is 5.91 Å². The summed E-state index contributed by atoms with van der Waals surface area (Å²) in [6, 6.07) is 8.88. The molecule has 6 nitrogen and oxygen atoms in total. The minimum atomic E-state index is -0.309. The van der Waals surface area contributed by atoms with E-state index >= 15 is 0 Å². The molecule has 0 bridgehead atoms. The minimum absolute atomic E-state index is 0.0804. The lowest BCUT2D eigenvalue weighted by Crippen LogP contribution is -2.32. The lowest BCUT2D eigenvalue weighted by Gasteiger charge is -2.16. The molecule has 2 heterocycles. The fourth-order valence-corrected chi connectivity index (χ4v) is 2.31. The van der Waals surface area contributed by atoms with Crippen LogP contribution in [0, 0.1) is 0 Å². The number of carbonyl (C=O) groups excluding carboxylic acids is 2. The van der Waals surface area contributed by atoms with E-state index in [1.54, 1.807) is 36.1 Å². The van der Waals surface area contributed by atoms with E-state index in [1.165, 1.54) is 4.90 Å². The highest BCUT2D eigenvalue weighted by Gasteiger charge is 2.31. The molecule has 2 aromatic rings. The van der Waals surface area contributed by atoms with Crippen LogP contribution in [-0.2, 0) is 11.8 Å². The maximum atomic E-state index is 12.3. The van der Waals surface area contributed by atoms with Crippen LogP contribution in [0.4, 0.5) is 5.82 Å². The van der Waals surface area contributed by atoms with Crippen molar-refractivity contribution in [1.82, 2.24) is 14.7 Å². The van der Waals surface area contributed by atoms with E-state index in [9.17, 15) is 9.59 Å². The molecular formula is C15H14N4O2. The fourth-order valence-electron chi connectivity index (χ4n) is 2.31. The summed E-state index contributed by atoms with van der Waals surface area (Å²) in [4.78, 5) is 25.7. The van der Waals surface area contributed by atoms with Gasteiger partial charge in [0.15, 0.2) is 5.82 Å². The molecule has 0 saturated heterocycles. The van der Waals surface area contributed by atoms with Gasteiger partial charge in [-0.05, 0) is 6.07 Å². The van der Waals surface area contributed by atoms with Gasteiger partial charge in [0.2, 0.25) is 5.91 Å². The molecule has 0 spiro atoms. The molecule has 1 N–H and O–H groups in total. The van der Waals surface area contributed by atoms with Crippen LogP contribution < -0.4 is 5.32 Å². The largest absolute Gasteiger partial charge is 0.308 e. The Bertz CT molecular complexity index is 713. The summed E-state index contributed by atoms with van der Waals surface area (Å²) in [7, 11) is 1.76. The normalized spacial score (nSPS) is 13.5. The summed E-state index contributed by atoms with van der Waals surface area (Å²) in [6.45, 7) is 3.82. The highest BCUT2D eigenvalue weighted by molar-refractivity contribution is 6.11. The van der Waals surface area contributed by atoms with Crippen molar-refractivity contribution in [1.29, 1.82) is 0 Å². The maximum Gasteiger partial charge on any atom is 0.259 e. The molecule has 0 unspecified atom stereocenters. The third kappa shape index (κ3) is 2.31. The Morgan fingerprint density at radius 3 is 2.62 bits per heavy atom. The number of aryl methyl sites for hydroxylation is 1. The highest BCUT2D eigenvalue weighted by Crippen LogP contribution is 2.30. The zero-order valence-corrected chi connectivity index (χ0v) is 11.5. The molecule has 1 aromatic carbocycles. The number of anilines is 1. The first-order valence-electron chi connectivity index (χ1n) is 6.46. The second kappa shape index (κ2) is 4.90. The second-order valence-corrected chi connectivity index (χ2v) is 4.81. The predicted octanol–water partition coefficient (Wildman–Crippen LogP) is 1.49. The SMILES string of the molecule is C=C1c2ccccc2C(=O)N1CC(=O)Nc1ccn(C)n1. The first kappa shape index (κ1) is 13.1. The summed E-state index contributed by atoms with van der Waals surface area (Å²) in [6.07, 6.45) is 1.73. The number of amides is 2. The zero-order valence-electron chi connectivity index (χ0n) is 11.5. The van der Waals surface area contributed by atoms with Crippen molar-refractivity contribution < 1.29 is 9.59 Å². The van der Waals surface area contributed by atoms with E-state index in [0.29, 0.717) is 17.1 Å². The Labute approximate surface area is 121 Å². The lowest BCUT2D eigenvalue weighted by atomic mass is 10.1. The Morgan fingerprint density at radius 2 is 2.00 bits per heavy atom. The summed E-state index contributed by atoms with van der Waals surface area (Å²) in [5, 5.41) is 6.71. The maximum absolute atomic E-state index is 12.3.